The highest BCUT2D eigenvalue weighted by molar-refractivity contribution is 5.87. The summed E-state index contributed by atoms with van der Waals surface area (Å²) in [6.07, 6.45) is 5.25. The van der Waals surface area contributed by atoms with Crippen molar-refractivity contribution in [1.29, 1.82) is 0 Å². The van der Waals surface area contributed by atoms with E-state index < -0.39 is 11.7 Å². The molecule has 2 fully saturated rings. The second kappa shape index (κ2) is 7.25. The molecule has 0 bridgehead atoms. The summed E-state index contributed by atoms with van der Waals surface area (Å²) >= 11 is 0. The van der Waals surface area contributed by atoms with Gasteiger partial charge < -0.3 is 19.4 Å². The maximum absolute atomic E-state index is 12.4. The number of hydrogen-bond donors (Lipinski definition) is 2. The quantitative estimate of drug-likeness (QED) is 0.483. The van der Waals surface area contributed by atoms with E-state index in [9.17, 15) is 5.11 Å². The fraction of sp³-hybridized carbons (Fsp3) is 0.400. The third kappa shape index (κ3) is 2.99. The van der Waals surface area contributed by atoms with Crippen molar-refractivity contribution >= 4 is 11.0 Å². The molecule has 0 spiro atoms. The molecule has 4 aromatic rings. The van der Waals surface area contributed by atoms with Crippen LogP contribution in [-0.4, -0.2) is 37.9 Å². The van der Waals surface area contributed by atoms with Gasteiger partial charge in [-0.15, -0.1) is 0 Å². The molecule has 4 heterocycles. The Balaban J connectivity index is 1.65. The average molecular weight is 431 g/mol. The average Bonchev–Trinajstić information content (AvgIpc) is 3.19. The Kier molecular flexibility index (Phi) is 4.45. The highest BCUT2D eigenvalue weighted by Crippen LogP contribution is 2.45. The van der Waals surface area contributed by atoms with Gasteiger partial charge in [-0.05, 0) is 69.4 Å². The minimum atomic E-state index is -1.43. The highest BCUT2D eigenvalue weighted by Gasteiger charge is 2.46. The molecule has 1 saturated heterocycles. The van der Waals surface area contributed by atoms with Crippen LogP contribution in [0.25, 0.3) is 22.2 Å². The van der Waals surface area contributed by atoms with Crippen molar-refractivity contribution in [1.82, 2.24) is 20.1 Å². The first-order valence-corrected chi connectivity index (χ1v) is 11.3. The zero-order valence-electron chi connectivity index (χ0n) is 18.3. The summed E-state index contributed by atoms with van der Waals surface area (Å²) in [5.74, 6) is 2.18. The fourth-order valence-electron chi connectivity index (χ4n) is 4.99. The zero-order valence-corrected chi connectivity index (χ0v) is 18.3. The molecule has 7 nitrogen and oxygen atoms in total. The predicted molar refractivity (Wildman–Crippen MR) is 119 cm³/mol. The lowest BCUT2D eigenvalue weighted by Crippen LogP contribution is -2.41. The van der Waals surface area contributed by atoms with Gasteiger partial charge in [-0.1, -0.05) is 11.2 Å². The molecule has 2 unspecified atom stereocenters. The summed E-state index contributed by atoms with van der Waals surface area (Å²) in [4.78, 5) is 13.0. The number of aromatic amines is 1. The number of benzene rings is 1. The van der Waals surface area contributed by atoms with Crippen LogP contribution >= 0.6 is 0 Å². The van der Waals surface area contributed by atoms with E-state index in [0.29, 0.717) is 23.8 Å². The maximum Gasteiger partial charge on any atom is 0.159 e. The van der Waals surface area contributed by atoms with E-state index in [2.05, 4.69) is 21.2 Å². The summed E-state index contributed by atoms with van der Waals surface area (Å²) in [7, 11) is 0. The number of aliphatic hydroxyl groups is 1. The molecular formula is C25H26N4O3. The predicted octanol–water partition coefficient (Wildman–Crippen LogP) is 4.52. The monoisotopic (exact) mass is 430 g/mol. The van der Waals surface area contributed by atoms with Crippen molar-refractivity contribution in [2.45, 2.75) is 57.2 Å². The van der Waals surface area contributed by atoms with Crippen LogP contribution in [0.5, 0.6) is 0 Å². The Morgan fingerprint density at radius 2 is 2.03 bits per heavy atom. The Hall–Kier alpha value is -3.03. The topological polar surface area (TPSA) is 97.1 Å². The number of rotatable bonds is 5. The van der Waals surface area contributed by atoms with Crippen LogP contribution in [0, 0.1) is 13.8 Å². The van der Waals surface area contributed by atoms with E-state index in [4.69, 9.17) is 14.2 Å². The van der Waals surface area contributed by atoms with E-state index in [1.54, 1.807) is 6.20 Å². The second-order valence-corrected chi connectivity index (χ2v) is 9.00. The molecule has 164 valence electrons. The van der Waals surface area contributed by atoms with E-state index in [1.807, 2.05) is 38.1 Å². The first-order valence-electron chi connectivity index (χ1n) is 11.3. The number of aryl methyl sites for hydroxylation is 2. The Labute approximate surface area is 185 Å². The van der Waals surface area contributed by atoms with Crippen molar-refractivity contribution in [3.05, 3.63) is 65.1 Å². The Morgan fingerprint density at radius 3 is 2.69 bits per heavy atom. The highest BCUT2D eigenvalue weighted by atomic mass is 16.5. The number of aromatic nitrogens is 4. The summed E-state index contributed by atoms with van der Waals surface area (Å²) in [5, 5.41) is 16.5. The van der Waals surface area contributed by atoms with Crippen LogP contribution in [0.3, 0.4) is 0 Å². The molecule has 1 aromatic carbocycles. The second-order valence-electron chi connectivity index (χ2n) is 9.00. The lowest BCUT2D eigenvalue weighted by Gasteiger charge is -2.34. The lowest BCUT2D eigenvalue weighted by molar-refractivity contribution is -0.0636. The van der Waals surface area contributed by atoms with Gasteiger partial charge in [-0.2, -0.15) is 0 Å². The van der Waals surface area contributed by atoms with Crippen LogP contribution in [0.15, 0.2) is 41.1 Å². The Bertz CT molecular complexity index is 1270. The van der Waals surface area contributed by atoms with E-state index >= 15 is 0 Å². The van der Waals surface area contributed by atoms with Gasteiger partial charge in [0.2, 0.25) is 0 Å². The molecule has 6 rings (SSSR count). The van der Waals surface area contributed by atoms with Gasteiger partial charge in [-0.25, -0.2) is 4.98 Å². The SMILES string of the molecule is Cc1noc(C)c1-c1cc(C(O)(c2ccccn2)C2CCCO2)c2nc(C3CC3)[nH]c2c1. The Morgan fingerprint density at radius 1 is 1.16 bits per heavy atom. The summed E-state index contributed by atoms with van der Waals surface area (Å²) in [6, 6.07) is 9.72. The minimum Gasteiger partial charge on any atom is -0.376 e. The first kappa shape index (κ1) is 19.6. The smallest absolute Gasteiger partial charge is 0.159 e. The third-order valence-corrected chi connectivity index (χ3v) is 6.75. The van der Waals surface area contributed by atoms with Crippen LogP contribution in [-0.2, 0) is 10.3 Å². The molecule has 2 N–H and O–H groups in total. The van der Waals surface area contributed by atoms with Gasteiger partial charge in [0, 0.05) is 29.8 Å². The van der Waals surface area contributed by atoms with Gasteiger partial charge in [0.05, 0.1) is 28.5 Å². The molecule has 2 aliphatic rings. The molecule has 0 radical (unpaired) electrons. The van der Waals surface area contributed by atoms with Crippen molar-refractivity contribution in [3.8, 4) is 11.1 Å². The number of H-pyrrole nitrogens is 1. The summed E-state index contributed by atoms with van der Waals surface area (Å²) in [5.41, 5.74) is 4.19. The van der Waals surface area contributed by atoms with E-state index in [0.717, 1.165) is 65.1 Å². The van der Waals surface area contributed by atoms with Crippen LogP contribution < -0.4 is 0 Å². The van der Waals surface area contributed by atoms with E-state index in [1.165, 1.54) is 0 Å². The van der Waals surface area contributed by atoms with Crippen LogP contribution in [0.2, 0.25) is 0 Å². The molecular weight excluding hydrogens is 404 g/mol. The van der Waals surface area contributed by atoms with Gasteiger partial charge in [0.15, 0.2) is 5.60 Å². The maximum atomic E-state index is 12.4. The molecule has 1 saturated carbocycles. The number of hydrogen-bond acceptors (Lipinski definition) is 6. The summed E-state index contributed by atoms with van der Waals surface area (Å²) in [6.45, 7) is 4.47. The lowest BCUT2D eigenvalue weighted by atomic mass is 9.81. The zero-order chi connectivity index (χ0) is 21.9. The number of pyridine rings is 1. The van der Waals surface area contributed by atoms with Gasteiger partial charge >= 0.3 is 0 Å². The molecule has 1 aliphatic carbocycles. The van der Waals surface area contributed by atoms with Crippen LogP contribution in [0.4, 0.5) is 0 Å². The molecule has 32 heavy (non-hydrogen) atoms. The number of fused-ring (bicyclic) bond motifs is 1. The fourth-order valence-corrected chi connectivity index (χ4v) is 4.99. The van der Waals surface area contributed by atoms with Crippen molar-refractivity contribution < 1.29 is 14.4 Å². The van der Waals surface area contributed by atoms with Crippen molar-refractivity contribution in [2.24, 2.45) is 0 Å². The van der Waals surface area contributed by atoms with Gasteiger partial charge in [0.1, 0.15) is 11.6 Å². The molecule has 7 heteroatoms. The molecule has 0 amide bonds. The minimum absolute atomic E-state index is 0.401. The van der Waals surface area contributed by atoms with Crippen molar-refractivity contribution in [2.75, 3.05) is 6.61 Å². The molecule has 1 aliphatic heterocycles. The van der Waals surface area contributed by atoms with E-state index in [-0.39, 0.29) is 0 Å². The summed E-state index contributed by atoms with van der Waals surface area (Å²) < 4.78 is 11.5. The third-order valence-electron chi connectivity index (χ3n) is 6.75. The number of nitrogens with one attached hydrogen (secondary N) is 1. The van der Waals surface area contributed by atoms with Gasteiger partial charge in [-0.3, -0.25) is 4.98 Å². The first-order chi connectivity index (χ1) is 15.6. The van der Waals surface area contributed by atoms with Crippen molar-refractivity contribution in [3.63, 3.8) is 0 Å². The largest absolute Gasteiger partial charge is 0.376 e. The molecule has 3 aromatic heterocycles. The number of ether oxygens (including phenoxy) is 1. The standard InChI is InChI=1S/C25H26N4O3/c1-14-22(15(2)32-29-14)17-12-18(23-19(13-17)27-24(28-23)16-8-9-16)25(30,21-7-5-11-31-21)20-6-3-4-10-26-20/h3-4,6,10,12-13,16,21,30H,5,7-9,11H2,1-2H3,(H,27,28). The van der Waals surface area contributed by atoms with Gasteiger partial charge in [0.25, 0.3) is 0 Å². The van der Waals surface area contributed by atoms with Crippen LogP contribution in [0.1, 0.15) is 60.1 Å². The number of imidazole rings is 1. The molecule has 2 atom stereocenters. The normalized spacial score (nSPS) is 20.7. The number of nitrogens with zero attached hydrogens (tertiary/aromatic N) is 3.